The SMILES string of the molecule is Cc1ccc(C2(F)CCCC(N)C2)cc1Cl. The van der Waals surface area contributed by atoms with Gasteiger partial charge in [-0.3, -0.25) is 0 Å². The zero-order chi connectivity index (χ0) is 11.8. The second kappa shape index (κ2) is 4.34. The highest BCUT2D eigenvalue weighted by Gasteiger charge is 2.36. The molecule has 16 heavy (non-hydrogen) atoms. The Morgan fingerprint density at radius 3 is 2.88 bits per heavy atom. The minimum Gasteiger partial charge on any atom is -0.328 e. The normalized spacial score (nSPS) is 30.4. The number of halogens is 2. The number of hydrogen-bond acceptors (Lipinski definition) is 1. The van der Waals surface area contributed by atoms with Crippen LogP contribution in [0.2, 0.25) is 5.02 Å². The van der Waals surface area contributed by atoms with Gasteiger partial charge in [0.15, 0.2) is 0 Å². The van der Waals surface area contributed by atoms with Crippen molar-refractivity contribution in [2.75, 3.05) is 0 Å². The largest absolute Gasteiger partial charge is 0.328 e. The van der Waals surface area contributed by atoms with Gasteiger partial charge in [-0.05, 0) is 43.4 Å². The first kappa shape index (κ1) is 11.9. The summed E-state index contributed by atoms with van der Waals surface area (Å²) >= 11 is 6.03. The summed E-state index contributed by atoms with van der Waals surface area (Å²) in [6.45, 7) is 1.92. The van der Waals surface area contributed by atoms with E-state index in [9.17, 15) is 4.39 Å². The first-order valence-corrected chi connectivity index (χ1v) is 6.10. The molecular formula is C13H17ClFN. The van der Waals surface area contributed by atoms with Crippen molar-refractivity contribution in [3.05, 3.63) is 34.3 Å². The van der Waals surface area contributed by atoms with Gasteiger partial charge in [0, 0.05) is 17.5 Å². The molecule has 1 aliphatic carbocycles. The van der Waals surface area contributed by atoms with E-state index in [1.807, 2.05) is 19.1 Å². The van der Waals surface area contributed by atoms with Crippen molar-refractivity contribution in [3.8, 4) is 0 Å². The van der Waals surface area contributed by atoms with Gasteiger partial charge in [-0.25, -0.2) is 4.39 Å². The third kappa shape index (κ3) is 2.23. The van der Waals surface area contributed by atoms with Crippen LogP contribution in [0.4, 0.5) is 4.39 Å². The van der Waals surface area contributed by atoms with E-state index in [4.69, 9.17) is 17.3 Å². The summed E-state index contributed by atoms with van der Waals surface area (Å²) in [7, 11) is 0. The fourth-order valence-corrected chi connectivity index (χ4v) is 2.58. The van der Waals surface area contributed by atoms with E-state index in [0.29, 0.717) is 23.4 Å². The highest BCUT2D eigenvalue weighted by atomic mass is 35.5. The highest BCUT2D eigenvalue weighted by Crippen LogP contribution is 2.41. The first-order valence-electron chi connectivity index (χ1n) is 5.72. The van der Waals surface area contributed by atoms with E-state index in [1.165, 1.54) is 0 Å². The molecule has 1 aromatic carbocycles. The monoisotopic (exact) mass is 241 g/mol. The number of alkyl halides is 1. The molecule has 0 spiro atoms. The third-order valence-corrected chi connectivity index (χ3v) is 3.83. The Kier molecular flexibility index (Phi) is 3.22. The van der Waals surface area contributed by atoms with Crippen LogP contribution in [-0.2, 0) is 5.67 Å². The second-order valence-corrected chi connectivity index (χ2v) is 5.19. The summed E-state index contributed by atoms with van der Waals surface area (Å²) < 4.78 is 14.7. The van der Waals surface area contributed by atoms with Crippen molar-refractivity contribution in [3.63, 3.8) is 0 Å². The average Bonchev–Trinajstić information content (AvgIpc) is 2.21. The van der Waals surface area contributed by atoms with Crippen LogP contribution < -0.4 is 5.73 Å². The molecule has 1 aromatic rings. The van der Waals surface area contributed by atoms with E-state index >= 15 is 0 Å². The molecule has 0 aliphatic heterocycles. The Morgan fingerprint density at radius 2 is 2.25 bits per heavy atom. The maximum Gasteiger partial charge on any atom is 0.137 e. The number of nitrogens with two attached hydrogens (primary N) is 1. The van der Waals surface area contributed by atoms with Crippen LogP contribution in [0.1, 0.15) is 36.8 Å². The van der Waals surface area contributed by atoms with Gasteiger partial charge in [0.25, 0.3) is 0 Å². The highest BCUT2D eigenvalue weighted by molar-refractivity contribution is 6.31. The predicted molar refractivity (Wildman–Crippen MR) is 65.4 cm³/mol. The van der Waals surface area contributed by atoms with E-state index in [-0.39, 0.29) is 6.04 Å². The number of aryl methyl sites for hydroxylation is 1. The summed E-state index contributed by atoms with van der Waals surface area (Å²) in [6.07, 6.45) is 2.74. The molecule has 0 amide bonds. The molecule has 0 saturated heterocycles. The minimum absolute atomic E-state index is 0.0289. The first-order chi connectivity index (χ1) is 7.51. The van der Waals surface area contributed by atoms with Crippen molar-refractivity contribution < 1.29 is 4.39 Å². The summed E-state index contributed by atoms with van der Waals surface area (Å²) in [5, 5.41) is 0.633. The van der Waals surface area contributed by atoms with Gasteiger partial charge in [0.1, 0.15) is 5.67 Å². The van der Waals surface area contributed by atoms with Crippen molar-refractivity contribution in [1.29, 1.82) is 0 Å². The molecule has 1 saturated carbocycles. The van der Waals surface area contributed by atoms with E-state index < -0.39 is 5.67 Å². The topological polar surface area (TPSA) is 26.0 Å². The maximum absolute atomic E-state index is 14.7. The number of benzene rings is 1. The van der Waals surface area contributed by atoms with Crippen molar-refractivity contribution >= 4 is 11.6 Å². The third-order valence-electron chi connectivity index (χ3n) is 3.42. The minimum atomic E-state index is -1.28. The van der Waals surface area contributed by atoms with Crippen molar-refractivity contribution in [2.45, 2.75) is 44.3 Å². The predicted octanol–water partition coefficient (Wildman–Crippen LogP) is 3.71. The summed E-state index contributed by atoms with van der Waals surface area (Å²) in [6, 6.07) is 5.42. The molecule has 0 bridgehead atoms. The van der Waals surface area contributed by atoms with Crippen LogP contribution in [0.3, 0.4) is 0 Å². The molecule has 2 unspecified atom stereocenters. The summed E-state index contributed by atoms with van der Waals surface area (Å²) in [5.41, 5.74) is 6.22. The lowest BCUT2D eigenvalue weighted by atomic mass is 9.79. The zero-order valence-electron chi connectivity index (χ0n) is 9.47. The molecule has 2 atom stereocenters. The number of rotatable bonds is 1. The molecule has 1 aliphatic rings. The van der Waals surface area contributed by atoms with Gasteiger partial charge in [-0.1, -0.05) is 23.7 Å². The molecule has 2 N–H and O–H groups in total. The lowest BCUT2D eigenvalue weighted by Gasteiger charge is -2.33. The Hall–Kier alpha value is -0.600. The van der Waals surface area contributed by atoms with Crippen LogP contribution in [-0.4, -0.2) is 6.04 Å². The summed E-state index contributed by atoms with van der Waals surface area (Å²) in [4.78, 5) is 0. The lowest BCUT2D eigenvalue weighted by Crippen LogP contribution is -2.36. The molecule has 0 radical (unpaired) electrons. The second-order valence-electron chi connectivity index (χ2n) is 4.79. The Bertz CT molecular complexity index is 394. The number of hydrogen-bond donors (Lipinski definition) is 1. The average molecular weight is 242 g/mol. The Labute approximate surface area is 101 Å². The van der Waals surface area contributed by atoms with Crippen molar-refractivity contribution in [2.24, 2.45) is 5.73 Å². The fraction of sp³-hybridized carbons (Fsp3) is 0.538. The Balaban J connectivity index is 2.31. The maximum atomic E-state index is 14.7. The van der Waals surface area contributed by atoms with Gasteiger partial charge in [0.2, 0.25) is 0 Å². The van der Waals surface area contributed by atoms with E-state index in [0.717, 1.165) is 18.4 Å². The molecule has 1 fully saturated rings. The van der Waals surface area contributed by atoms with Gasteiger partial charge >= 0.3 is 0 Å². The summed E-state index contributed by atoms with van der Waals surface area (Å²) in [5.74, 6) is 0. The van der Waals surface area contributed by atoms with E-state index in [2.05, 4.69) is 0 Å². The molecule has 0 heterocycles. The quantitative estimate of drug-likeness (QED) is 0.797. The van der Waals surface area contributed by atoms with Crippen LogP contribution in [0, 0.1) is 6.92 Å². The van der Waals surface area contributed by atoms with Crippen molar-refractivity contribution in [1.82, 2.24) is 0 Å². The van der Waals surface area contributed by atoms with Crippen LogP contribution >= 0.6 is 11.6 Å². The van der Waals surface area contributed by atoms with Gasteiger partial charge in [0.05, 0.1) is 0 Å². The standard InChI is InChI=1S/C13H17ClFN/c1-9-4-5-10(7-12(9)14)13(15)6-2-3-11(16)8-13/h4-5,7,11H,2-3,6,8,16H2,1H3. The Morgan fingerprint density at radius 1 is 1.50 bits per heavy atom. The van der Waals surface area contributed by atoms with Crippen LogP contribution in [0.5, 0.6) is 0 Å². The molecule has 0 aromatic heterocycles. The fourth-order valence-electron chi connectivity index (χ4n) is 2.40. The lowest BCUT2D eigenvalue weighted by molar-refractivity contribution is 0.0948. The molecule has 2 rings (SSSR count). The van der Waals surface area contributed by atoms with Gasteiger partial charge in [-0.2, -0.15) is 0 Å². The van der Waals surface area contributed by atoms with Crippen LogP contribution in [0.15, 0.2) is 18.2 Å². The van der Waals surface area contributed by atoms with Gasteiger partial charge in [-0.15, -0.1) is 0 Å². The molecule has 88 valence electrons. The smallest absolute Gasteiger partial charge is 0.137 e. The zero-order valence-corrected chi connectivity index (χ0v) is 10.2. The molecule has 3 heteroatoms. The van der Waals surface area contributed by atoms with Gasteiger partial charge < -0.3 is 5.73 Å². The van der Waals surface area contributed by atoms with E-state index in [1.54, 1.807) is 6.07 Å². The molecular weight excluding hydrogens is 225 g/mol. The van der Waals surface area contributed by atoms with Crippen LogP contribution in [0.25, 0.3) is 0 Å². The molecule has 1 nitrogen and oxygen atoms in total.